The van der Waals surface area contributed by atoms with E-state index in [9.17, 15) is 9.59 Å². The van der Waals surface area contributed by atoms with Gasteiger partial charge >= 0.3 is 11.9 Å². The van der Waals surface area contributed by atoms with Crippen LogP contribution < -0.4 is 0 Å². The van der Waals surface area contributed by atoms with Gasteiger partial charge in [-0.25, -0.2) is 9.59 Å². The van der Waals surface area contributed by atoms with Crippen molar-refractivity contribution in [1.29, 1.82) is 0 Å². The molecule has 0 aliphatic heterocycles. The van der Waals surface area contributed by atoms with Gasteiger partial charge in [-0.15, -0.1) is 0 Å². The minimum atomic E-state index is -0.613. The van der Waals surface area contributed by atoms with Crippen molar-refractivity contribution in [3.8, 4) is 0 Å². The molecule has 0 amide bonds. The van der Waals surface area contributed by atoms with Gasteiger partial charge in [0.25, 0.3) is 0 Å². The summed E-state index contributed by atoms with van der Waals surface area (Å²) in [5.74, 6) is -0.0991. The van der Waals surface area contributed by atoms with E-state index in [1.165, 1.54) is 12.2 Å². The van der Waals surface area contributed by atoms with E-state index in [-0.39, 0.29) is 0 Å². The van der Waals surface area contributed by atoms with Crippen LogP contribution in [0.4, 0.5) is 0 Å². The Morgan fingerprint density at radius 2 is 1.12 bits per heavy atom. The van der Waals surface area contributed by atoms with Gasteiger partial charge in [-0.1, -0.05) is 40.9 Å². The molecule has 4 nitrogen and oxygen atoms in total. The molecule has 0 rings (SSSR count). The van der Waals surface area contributed by atoms with Gasteiger partial charge in [-0.2, -0.15) is 0 Å². The maximum Gasteiger partial charge on any atom is 0.330 e. The van der Waals surface area contributed by atoms with E-state index in [0.717, 1.165) is 12.8 Å². The number of carbonyl (C=O) groups excluding carboxylic acids is 2. The number of ether oxygens (including phenoxy) is 2. The minimum absolute atomic E-state index is 0.375. The third-order valence-electron chi connectivity index (χ3n) is 3.89. The molecule has 2 atom stereocenters. The van der Waals surface area contributed by atoms with Crippen molar-refractivity contribution in [3.63, 3.8) is 0 Å². The first-order valence-corrected chi connectivity index (χ1v) is 8.66. The van der Waals surface area contributed by atoms with Crippen LogP contribution in [0.15, 0.2) is 25.3 Å². The van der Waals surface area contributed by atoms with Crippen molar-refractivity contribution in [3.05, 3.63) is 25.3 Å². The molecule has 4 heteroatoms. The second-order valence-electron chi connectivity index (χ2n) is 7.85. The molecule has 0 aromatic rings. The van der Waals surface area contributed by atoms with Gasteiger partial charge in [0.15, 0.2) is 0 Å². The van der Waals surface area contributed by atoms with E-state index in [1.54, 1.807) is 0 Å². The van der Waals surface area contributed by atoms with Crippen LogP contribution >= 0.6 is 0 Å². The lowest BCUT2D eigenvalue weighted by Gasteiger charge is -2.36. The summed E-state index contributed by atoms with van der Waals surface area (Å²) in [6.07, 6.45) is 5.06. The number of hydrogen-bond acceptors (Lipinski definition) is 4. The lowest BCUT2D eigenvalue weighted by Crippen LogP contribution is -2.39. The third-order valence-corrected chi connectivity index (χ3v) is 3.89. The molecule has 0 bridgehead atoms. The van der Waals surface area contributed by atoms with Gasteiger partial charge < -0.3 is 9.47 Å². The second kappa shape index (κ2) is 9.65. The molecular weight excluding hydrogens is 304 g/mol. The summed E-state index contributed by atoms with van der Waals surface area (Å²) in [6.45, 7) is 19.1. The molecule has 0 heterocycles. The Morgan fingerprint density at radius 3 is 1.33 bits per heavy atom. The highest BCUT2D eigenvalue weighted by atomic mass is 16.6. The van der Waals surface area contributed by atoms with Crippen LogP contribution in [0.2, 0.25) is 0 Å². The average molecular weight is 338 g/mol. The molecule has 0 aromatic heterocycles. The summed E-state index contributed by atoms with van der Waals surface area (Å²) < 4.78 is 11.2. The number of carbonyl (C=O) groups is 2. The molecule has 138 valence electrons. The molecule has 0 radical (unpaired) electrons. The molecule has 0 saturated carbocycles. The lowest BCUT2D eigenvalue weighted by molar-refractivity contribution is -0.162. The van der Waals surface area contributed by atoms with Gasteiger partial charge in [-0.05, 0) is 51.4 Å². The van der Waals surface area contributed by atoms with Crippen LogP contribution in [0.1, 0.15) is 67.2 Å². The smallest absolute Gasteiger partial charge is 0.330 e. The van der Waals surface area contributed by atoms with Gasteiger partial charge in [0.1, 0.15) is 11.2 Å². The topological polar surface area (TPSA) is 52.6 Å². The van der Waals surface area contributed by atoms with Crippen LogP contribution in [0.25, 0.3) is 0 Å². The van der Waals surface area contributed by atoms with Crippen molar-refractivity contribution in [2.75, 3.05) is 0 Å². The molecule has 0 spiro atoms. The highest BCUT2D eigenvalue weighted by Gasteiger charge is 2.36. The van der Waals surface area contributed by atoms with Crippen LogP contribution in [0.3, 0.4) is 0 Å². The fraction of sp³-hybridized carbons (Fsp3) is 0.700. The van der Waals surface area contributed by atoms with Crippen molar-refractivity contribution in [2.24, 2.45) is 11.8 Å². The quantitative estimate of drug-likeness (QED) is 0.400. The zero-order valence-corrected chi connectivity index (χ0v) is 16.2. The largest absolute Gasteiger partial charge is 0.456 e. The van der Waals surface area contributed by atoms with Crippen LogP contribution in [0, 0.1) is 11.8 Å². The SMILES string of the molecule is C=CC(=O)OC(C)(CCC(C)(CC(C)C)OC(=O)C=C)CC(C)C. The van der Waals surface area contributed by atoms with E-state index in [0.29, 0.717) is 24.7 Å². The van der Waals surface area contributed by atoms with Crippen LogP contribution in [-0.2, 0) is 19.1 Å². The zero-order chi connectivity index (χ0) is 19.0. The molecule has 2 unspecified atom stereocenters. The number of esters is 2. The predicted molar refractivity (Wildman–Crippen MR) is 97.5 cm³/mol. The van der Waals surface area contributed by atoms with Gasteiger partial charge in [0, 0.05) is 12.2 Å². The molecule has 0 aliphatic rings. The maximum atomic E-state index is 11.7. The van der Waals surface area contributed by atoms with E-state index < -0.39 is 23.1 Å². The standard InChI is InChI=1S/C20H34O4/c1-9-17(21)23-19(7,13-15(3)4)11-12-20(8,14-16(5)6)24-18(22)10-2/h9-10,15-16H,1-2,11-14H2,3-8H3. The van der Waals surface area contributed by atoms with Gasteiger partial charge in [0.2, 0.25) is 0 Å². The number of hydrogen-bond donors (Lipinski definition) is 0. The summed E-state index contributed by atoms with van der Waals surface area (Å²) in [4.78, 5) is 23.4. The number of rotatable bonds is 11. The first-order valence-electron chi connectivity index (χ1n) is 8.66. The van der Waals surface area contributed by atoms with Crippen LogP contribution in [-0.4, -0.2) is 23.1 Å². The minimum Gasteiger partial charge on any atom is -0.456 e. The molecule has 0 aromatic carbocycles. The van der Waals surface area contributed by atoms with Crippen molar-refractivity contribution in [1.82, 2.24) is 0 Å². The van der Waals surface area contributed by atoms with Crippen LogP contribution in [0.5, 0.6) is 0 Å². The first-order chi connectivity index (χ1) is 10.9. The Morgan fingerprint density at radius 1 is 0.833 bits per heavy atom. The van der Waals surface area contributed by atoms with E-state index in [1.807, 2.05) is 13.8 Å². The maximum absolute atomic E-state index is 11.7. The second-order valence-corrected chi connectivity index (χ2v) is 7.85. The van der Waals surface area contributed by atoms with E-state index in [2.05, 4.69) is 40.9 Å². The first kappa shape index (κ1) is 22.4. The van der Waals surface area contributed by atoms with Crippen molar-refractivity contribution >= 4 is 11.9 Å². The molecule has 24 heavy (non-hydrogen) atoms. The highest BCUT2D eigenvalue weighted by molar-refractivity contribution is 5.82. The molecule has 0 saturated heterocycles. The Labute approximate surface area is 147 Å². The highest BCUT2D eigenvalue weighted by Crippen LogP contribution is 2.34. The van der Waals surface area contributed by atoms with Crippen molar-refractivity contribution in [2.45, 2.75) is 78.4 Å². The third kappa shape index (κ3) is 8.90. The summed E-state index contributed by atoms with van der Waals surface area (Å²) in [6, 6.07) is 0. The van der Waals surface area contributed by atoms with E-state index in [4.69, 9.17) is 9.47 Å². The monoisotopic (exact) mass is 338 g/mol. The Balaban J connectivity index is 5.20. The van der Waals surface area contributed by atoms with Crippen molar-refractivity contribution < 1.29 is 19.1 Å². The lowest BCUT2D eigenvalue weighted by atomic mass is 9.82. The average Bonchev–Trinajstić information content (AvgIpc) is 2.43. The normalized spacial score (nSPS) is 16.2. The van der Waals surface area contributed by atoms with E-state index >= 15 is 0 Å². The fourth-order valence-corrected chi connectivity index (χ4v) is 3.21. The Hall–Kier alpha value is -1.58. The zero-order valence-electron chi connectivity index (χ0n) is 16.2. The Kier molecular flexibility index (Phi) is 9.02. The summed E-state index contributed by atoms with van der Waals surface area (Å²) in [5, 5.41) is 0. The van der Waals surface area contributed by atoms with Gasteiger partial charge in [-0.3, -0.25) is 0 Å². The molecular formula is C20H34O4. The molecule has 0 N–H and O–H groups in total. The summed E-state index contributed by atoms with van der Waals surface area (Å²) in [7, 11) is 0. The Bertz CT molecular complexity index is 411. The predicted octanol–water partition coefficient (Wildman–Crippen LogP) is 4.83. The molecule has 0 aliphatic carbocycles. The molecule has 0 fully saturated rings. The fourth-order valence-electron chi connectivity index (χ4n) is 3.21. The van der Waals surface area contributed by atoms with Gasteiger partial charge in [0.05, 0.1) is 0 Å². The summed E-state index contributed by atoms with van der Waals surface area (Å²) in [5.41, 5.74) is -1.23. The summed E-state index contributed by atoms with van der Waals surface area (Å²) >= 11 is 0.